The maximum Gasteiger partial charge on any atom is 0.471 e. The van der Waals surface area contributed by atoms with Crippen molar-refractivity contribution in [3.05, 3.63) is 29.8 Å². The second-order valence-electron chi connectivity index (χ2n) is 4.57. The van der Waals surface area contributed by atoms with Crippen molar-refractivity contribution in [1.29, 1.82) is 0 Å². The van der Waals surface area contributed by atoms with Crippen LogP contribution in [0.15, 0.2) is 22.9 Å². The van der Waals surface area contributed by atoms with Gasteiger partial charge in [-0.25, -0.2) is 0 Å². The summed E-state index contributed by atoms with van der Waals surface area (Å²) in [5.74, 6) is -1.98. The molecule has 0 radical (unpaired) electrons. The number of alkyl halides is 3. The van der Waals surface area contributed by atoms with Gasteiger partial charge in [-0.2, -0.15) is 18.2 Å². The molecule has 0 saturated carbocycles. The second-order valence-corrected chi connectivity index (χ2v) is 4.57. The molecule has 0 aliphatic rings. The van der Waals surface area contributed by atoms with Crippen LogP contribution in [-0.4, -0.2) is 34.2 Å². The number of halogens is 3. The highest BCUT2D eigenvalue weighted by molar-refractivity contribution is 5.80. The molecule has 1 atom stereocenters. The zero-order chi connectivity index (χ0) is 17.0. The third kappa shape index (κ3) is 4.25. The van der Waals surface area contributed by atoms with Gasteiger partial charge >= 0.3 is 12.1 Å². The fraction of sp³-hybridized carbons (Fsp3) is 0.385. The number of rotatable bonds is 5. The van der Waals surface area contributed by atoms with E-state index in [-0.39, 0.29) is 24.0 Å². The third-order valence-corrected chi connectivity index (χ3v) is 2.91. The molecule has 0 aliphatic heterocycles. The number of hydrogen-bond donors (Lipinski definition) is 1. The van der Waals surface area contributed by atoms with Crippen LogP contribution < -0.4 is 5.32 Å². The van der Waals surface area contributed by atoms with Crippen LogP contribution in [0.4, 0.5) is 13.2 Å². The zero-order valence-electron chi connectivity index (χ0n) is 12.2. The lowest BCUT2D eigenvalue weighted by molar-refractivity contribution is -0.159. The Kier molecular flexibility index (Phi) is 4.94. The van der Waals surface area contributed by atoms with Crippen LogP contribution in [0, 0.1) is 0 Å². The van der Waals surface area contributed by atoms with Gasteiger partial charge < -0.3 is 14.6 Å². The predicted molar refractivity (Wildman–Crippen MR) is 70.8 cm³/mol. The predicted octanol–water partition coefficient (Wildman–Crippen LogP) is 1.80. The molecule has 0 fully saturated rings. The van der Waals surface area contributed by atoms with Gasteiger partial charge in [0, 0.05) is 19.9 Å². The summed E-state index contributed by atoms with van der Waals surface area (Å²) < 4.78 is 46.1. The summed E-state index contributed by atoms with van der Waals surface area (Å²) in [5.41, 5.74) is 0.787. The average Bonchev–Trinajstić information content (AvgIpc) is 3.02. The summed E-state index contributed by atoms with van der Waals surface area (Å²) in [6, 6.07) is 3.02. The molecule has 2 aromatic heterocycles. The highest BCUT2D eigenvalue weighted by Gasteiger charge is 2.38. The summed E-state index contributed by atoms with van der Waals surface area (Å²) >= 11 is 0. The van der Waals surface area contributed by atoms with E-state index in [1.165, 1.54) is 19.4 Å². The minimum Gasteiger partial charge on any atom is -0.372 e. The Bertz CT molecular complexity index is 670. The van der Waals surface area contributed by atoms with E-state index in [1.807, 2.05) is 0 Å². The first kappa shape index (κ1) is 16.9. The highest BCUT2D eigenvalue weighted by Crippen LogP contribution is 2.28. The smallest absolute Gasteiger partial charge is 0.372 e. The molecule has 124 valence electrons. The number of aromatic nitrogens is 3. The standard InChI is InChI=1S/C13H13F3N4O3/c1-7(22-2)11(21)18-6-8-3-4-9(17-5-8)10-19-12(23-20-10)13(14,15)16/h3-5,7H,6H2,1-2H3,(H,18,21). The number of ether oxygens (including phenoxy) is 1. The van der Waals surface area contributed by atoms with E-state index in [2.05, 4.69) is 25.0 Å². The van der Waals surface area contributed by atoms with Gasteiger partial charge in [0.25, 0.3) is 0 Å². The Morgan fingerprint density at radius 3 is 2.70 bits per heavy atom. The molecule has 2 heterocycles. The van der Waals surface area contributed by atoms with Gasteiger partial charge in [0.15, 0.2) is 0 Å². The molecule has 0 aliphatic carbocycles. The molecule has 23 heavy (non-hydrogen) atoms. The van der Waals surface area contributed by atoms with Crippen LogP contribution in [0.1, 0.15) is 18.4 Å². The number of pyridine rings is 1. The molecular weight excluding hydrogens is 317 g/mol. The van der Waals surface area contributed by atoms with Crippen LogP contribution in [0.25, 0.3) is 11.5 Å². The van der Waals surface area contributed by atoms with Gasteiger partial charge in [-0.1, -0.05) is 11.2 Å². The molecule has 1 N–H and O–H groups in total. The third-order valence-electron chi connectivity index (χ3n) is 2.91. The van der Waals surface area contributed by atoms with Gasteiger partial charge in [0.2, 0.25) is 11.7 Å². The Hall–Kier alpha value is -2.49. The molecule has 0 saturated heterocycles. The Labute approximate surface area is 128 Å². The van der Waals surface area contributed by atoms with Gasteiger partial charge in [-0.3, -0.25) is 9.78 Å². The maximum absolute atomic E-state index is 12.4. The quantitative estimate of drug-likeness (QED) is 0.899. The van der Waals surface area contributed by atoms with E-state index in [9.17, 15) is 18.0 Å². The van der Waals surface area contributed by atoms with E-state index in [0.29, 0.717) is 5.56 Å². The zero-order valence-corrected chi connectivity index (χ0v) is 12.2. The SMILES string of the molecule is COC(C)C(=O)NCc1ccc(-c2noc(C(F)(F)F)n2)nc1. The molecule has 0 aromatic carbocycles. The van der Waals surface area contributed by atoms with Crippen molar-refractivity contribution < 1.29 is 27.2 Å². The first-order valence-electron chi connectivity index (χ1n) is 6.48. The lowest BCUT2D eigenvalue weighted by atomic mass is 10.2. The Morgan fingerprint density at radius 1 is 1.43 bits per heavy atom. The van der Waals surface area contributed by atoms with E-state index < -0.39 is 18.2 Å². The van der Waals surface area contributed by atoms with Crippen LogP contribution in [0.3, 0.4) is 0 Å². The minimum absolute atomic E-state index is 0.129. The Morgan fingerprint density at radius 2 is 2.17 bits per heavy atom. The number of nitrogens with zero attached hydrogens (tertiary/aromatic N) is 3. The van der Waals surface area contributed by atoms with Crippen molar-refractivity contribution in [3.8, 4) is 11.5 Å². The minimum atomic E-state index is -4.70. The number of amides is 1. The van der Waals surface area contributed by atoms with E-state index in [0.717, 1.165) is 0 Å². The van der Waals surface area contributed by atoms with Crippen molar-refractivity contribution in [2.45, 2.75) is 25.7 Å². The number of hydrogen-bond acceptors (Lipinski definition) is 6. The van der Waals surface area contributed by atoms with Gasteiger partial charge in [-0.15, -0.1) is 0 Å². The number of carbonyl (C=O) groups excluding carboxylic acids is 1. The van der Waals surface area contributed by atoms with Crippen LogP contribution >= 0.6 is 0 Å². The van der Waals surface area contributed by atoms with Crippen molar-refractivity contribution in [3.63, 3.8) is 0 Å². The molecule has 10 heteroatoms. The van der Waals surface area contributed by atoms with Gasteiger partial charge in [0.05, 0.1) is 0 Å². The molecular formula is C13H13F3N4O3. The summed E-state index contributed by atoms with van der Waals surface area (Å²) in [5, 5.41) is 5.87. The molecule has 0 spiro atoms. The van der Waals surface area contributed by atoms with E-state index in [4.69, 9.17) is 4.74 Å². The summed E-state index contributed by atoms with van der Waals surface area (Å²) in [4.78, 5) is 18.7. The molecule has 1 unspecified atom stereocenters. The van der Waals surface area contributed by atoms with Crippen LogP contribution in [-0.2, 0) is 22.3 Å². The lowest BCUT2D eigenvalue weighted by Crippen LogP contribution is -2.33. The summed E-state index contributed by atoms with van der Waals surface area (Å²) in [7, 11) is 1.42. The molecule has 0 bridgehead atoms. The fourth-order valence-electron chi connectivity index (χ4n) is 1.54. The summed E-state index contributed by atoms with van der Waals surface area (Å²) in [6.07, 6.45) is -3.88. The van der Waals surface area contributed by atoms with Gasteiger partial charge in [-0.05, 0) is 18.6 Å². The van der Waals surface area contributed by atoms with Crippen molar-refractivity contribution in [2.24, 2.45) is 0 Å². The average molecular weight is 330 g/mol. The first-order valence-corrected chi connectivity index (χ1v) is 6.48. The molecule has 7 nitrogen and oxygen atoms in total. The monoisotopic (exact) mass is 330 g/mol. The summed E-state index contributed by atoms with van der Waals surface area (Å²) in [6.45, 7) is 1.81. The maximum atomic E-state index is 12.4. The lowest BCUT2D eigenvalue weighted by Gasteiger charge is -2.10. The normalized spacial score (nSPS) is 12.9. The first-order chi connectivity index (χ1) is 10.8. The Balaban J connectivity index is 2.02. The van der Waals surface area contributed by atoms with Crippen molar-refractivity contribution in [2.75, 3.05) is 7.11 Å². The van der Waals surface area contributed by atoms with E-state index >= 15 is 0 Å². The van der Waals surface area contributed by atoms with Crippen molar-refractivity contribution >= 4 is 5.91 Å². The molecule has 2 aromatic rings. The van der Waals surface area contributed by atoms with Crippen LogP contribution in [0.5, 0.6) is 0 Å². The second kappa shape index (κ2) is 6.73. The van der Waals surface area contributed by atoms with E-state index in [1.54, 1.807) is 13.0 Å². The largest absolute Gasteiger partial charge is 0.471 e. The van der Waals surface area contributed by atoms with Crippen LogP contribution in [0.2, 0.25) is 0 Å². The molecule has 1 amide bonds. The fourth-order valence-corrected chi connectivity index (χ4v) is 1.54. The van der Waals surface area contributed by atoms with Gasteiger partial charge in [0.1, 0.15) is 11.8 Å². The number of methoxy groups -OCH3 is 1. The van der Waals surface area contributed by atoms with Crippen molar-refractivity contribution in [1.82, 2.24) is 20.4 Å². The number of carbonyl (C=O) groups is 1. The highest BCUT2D eigenvalue weighted by atomic mass is 19.4. The topological polar surface area (TPSA) is 90.1 Å². The number of nitrogens with one attached hydrogen (secondary N) is 1. The molecule has 2 rings (SSSR count).